The number of benzene rings is 1. The Bertz CT molecular complexity index is 779. The predicted octanol–water partition coefficient (Wildman–Crippen LogP) is 1.51. The van der Waals surface area contributed by atoms with Crippen LogP contribution in [0.1, 0.15) is 16.8 Å². The summed E-state index contributed by atoms with van der Waals surface area (Å²) in [5, 5.41) is 15.8. The number of carbonyl (C=O) groups excluding carboxylic acids is 1. The topological polar surface area (TPSA) is 74.0 Å². The van der Waals surface area contributed by atoms with E-state index in [0.29, 0.717) is 29.8 Å². The number of aryl methyl sites for hydroxylation is 1. The average molecular weight is 313 g/mol. The molecule has 0 aliphatic carbocycles. The molecule has 1 N–H and O–H groups in total. The molecular weight excluding hydrogens is 297 g/mol. The molecule has 2 heterocycles. The van der Waals surface area contributed by atoms with Crippen molar-refractivity contribution >= 4 is 5.91 Å². The predicted molar refractivity (Wildman–Crippen MR) is 81.7 cm³/mol. The standard InChI is InChI=1S/C16H16FN5O/c1-21-8-12(7-19-21)14-6-11(2-3-15(14)17)16(23)20-13-4-5-22(9-13)10-18/h2-3,6-8,13H,4-5,9H2,1H3,(H,20,23). The van der Waals surface area contributed by atoms with E-state index in [-0.39, 0.29) is 11.9 Å². The molecule has 23 heavy (non-hydrogen) atoms. The number of nitriles is 1. The highest BCUT2D eigenvalue weighted by atomic mass is 19.1. The second-order valence-corrected chi connectivity index (χ2v) is 5.60. The van der Waals surface area contributed by atoms with Crippen molar-refractivity contribution in [1.82, 2.24) is 20.0 Å². The first-order chi connectivity index (χ1) is 11.1. The number of aromatic nitrogens is 2. The van der Waals surface area contributed by atoms with Gasteiger partial charge in [0.25, 0.3) is 5.91 Å². The Balaban J connectivity index is 1.78. The van der Waals surface area contributed by atoms with Crippen molar-refractivity contribution in [1.29, 1.82) is 5.26 Å². The van der Waals surface area contributed by atoms with Crippen LogP contribution in [0.3, 0.4) is 0 Å². The van der Waals surface area contributed by atoms with Gasteiger partial charge in [-0.05, 0) is 24.6 Å². The first-order valence-corrected chi connectivity index (χ1v) is 7.31. The number of hydrogen-bond donors (Lipinski definition) is 1. The maximum absolute atomic E-state index is 14.0. The van der Waals surface area contributed by atoms with Gasteiger partial charge in [0.05, 0.1) is 6.20 Å². The zero-order valence-electron chi connectivity index (χ0n) is 12.7. The maximum Gasteiger partial charge on any atom is 0.251 e. The molecule has 6 nitrogen and oxygen atoms in total. The van der Waals surface area contributed by atoms with Crippen molar-refractivity contribution in [2.45, 2.75) is 12.5 Å². The Morgan fingerprint density at radius 1 is 1.52 bits per heavy atom. The van der Waals surface area contributed by atoms with E-state index in [2.05, 4.69) is 16.6 Å². The van der Waals surface area contributed by atoms with Crippen LogP contribution < -0.4 is 5.32 Å². The zero-order valence-corrected chi connectivity index (χ0v) is 12.7. The summed E-state index contributed by atoms with van der Waals surface area (Å²) >= 11 is 0. The Kier molecular flexibility index (Phi) is 3.98. The smallest absolute Gasteiger partial charge is 0.251 e. The molecule has 0 radical (unpaired) electrons. The first kappa shape index (κ1) is 15.0. The summed E-state index contributed by atoms with van der Waals surface area (Å²) in [6.45, 7) is 1.16. The fraction of sp³-hybridized carbons (Fsp3) is 0.312. The molecule has 1 amide bonds. The van der Waals surface area contributed by atoms with E-state index in [1.807, 2.05) is 0 Å². The van der Waals surface area contributed by atoms with Gasteiger partial charge in [-0.15, -0.1) is 0 Å². The van der Waals surface area contributed by atoms with Crippen LogP contribution in [-0.4, -0.2) is 39.7 Å². The summed E-state index contributed by atoms with van der Waals surface area (Å²) in [5.41, 5.74) is 1.35. The molecule has 1 fully saturated rings. The van der Waals surface area contributed by atoms with Gasteiger partial charge in [0, 0.05) is 49.1 Å². The maximum atomic E-state index is 14.0. The molecule has 0 spiro atoms. The number of likely N-dealkylation sites (tertiary alicyclic amines) is 1. The largest absolute Gasteiger partial charge is 0.347 e. The normalized spacial score (nSPS) is 17.1. The molecule has 2 aromatic rings. The van der Waals surface area contributed by atoms with E-state index in [4.69, 9.17) is 5.26 Å². The third kappa shape index (κ3) is 3.16. The van der Waals surface area contributed by atoms with E-state index < -0.39 is 5.82 Å². The monoisotopic (exact) mass is 313 g/mol. The number of nitrogens with zero attached hydrogens (tertiary/aromatic N) is 4. The second-order valence-electron chi connectivity index (χ2n) is 5.60. The first-order valence-electron chi connectivity index (χ1n) is 7.31. The molecule has 1 aliphatic heterocycles. The Morgan fingerprint density at radius 3 is 3.00 bits per heavy atom. The quantitative estimate of drug-likeness (QED) is 0.872. The number of amides is 1. The molecule has 7 heteroatoms. The van der Waals surface area contributed by atoms with Gasteiger partial charge < -0.3 is 10.2 Å². The molecular formula is C16H16FN5O. The molecule has 1 atom stereocenters. The number of carbonyl (C=O) groups is 1. The van der Waals surface area contributed by atoms with Crippen LogP contribution in [0.5, 0.6) is 0 Å². The van der Waals surface area contributed by atoms with Crippen LogP contribution in [0.25, 0.3) is 11.1 Å². The zero-order chi connectivity index (χ0) is 16.4. The minimum Gasteiger partial charge on any atom is -0.347 e. The lowest BCUT2D eigenvalue weighted by molar-refractivity contribution is 0.0939. The van der Waals surface area contributed by atoms with Gasteiger partial charge in [0.2, 0.25) is 0 Å². The van der Waals surface area contributed by atoms with E-state index in [1.54, 1.807) is 29.0 Å². The third-order valence-corrected chi connectivity index (χ3v) is 3.91. The van der Waals surface area contributed by atoms with Gasteiger partial charge in [-0.2, -0.15) is 10.4 Å². The van der Waals surface area contributed by atoms with Crippen molar-refractivity contribution in [3.8, 4) is 17.3 Å². The molecule has 0 saturated carbocycles. The minimum atomic E-state index is -0.397. The SMILES string of the molecule is Cn1cc(-c2cc(C(=O)NC3CCN(C#N)C3)ccc2F)cn1. The highest BCUT2D eigenvalue weighted by Crippen LogP contribution is 2.23. The fourth-order valence-electron chi connectivity index (χ4n) is 2.69. The Morgan fingerprint density at radius 2 is 2.35 bits per heavy atom. The molecule has 1 saturated heterocycles. The highest BCUT2D eigenvalue weighted by Gasteiger charge is 2.23. The number of hydrogen-bond acceptors (Lipinski definition) is 4. The average Bonchev–Trinajstić information content (AvgIpc) is 3.16. The summed E-state index contributed by atoms with van der Waals surface area (Å²) < 4.78 is 15.6. The second kappa shape index (κ2) is 6.08. The van der Waals surface area contributed by atoms with Gasteiger partial charge in [-0.25, -0.2) is 4.39 Å². The van der Waals surface area contributed by atoms with Gasteiger partial charge in [-0.3, -0.25) is 9.48 Å². The molecule has 1 aromatic heterocycles. The molecule has 3 rings (SSSR count). The van der Waals surface area contributed by atoms with Gasteiger partial charge >= 0.3 is 0 Å². The van der Waals surface area contributed by atoms with Crippen molar-refractivity contribution in [2.24, 2.45) is 7.05 Å². The number of nitrogens with one attached hydrogen (secondary N) is 1. The minimum absolute atomic E-state index is 0.0611. The molecule has 1 aromatic carbocycles. The third-order valence-electron chi connectivity index (χ3n) is 3.91. The van der Waals surface area contributed by atoms with Crippen molar-refractivity contribution < 1.29 is 9.18 Å². The molecule has 0 bridgehead atoms. The van der Waals surface area contributed by atoms with Crippen LogP contribution >= 0.6 is 0 Å². The van der Waals surface area contributed by atoms with Crippen LogP contribution in [0.4, 0.5) is 4.39 Å². The van der Waals surface area contributed by atoms with E-state index in [1.165, 1.54) is 18.2 Å². The summed E-state index contributed by atoms with van der Waals surface area (Å²) in [7, 11) is 1.75. The van der Waals surface area contributed by atoms with Crippen molar-refractivity contribution in [3.63, 3.8) is 0 Å². The molecule has 118 valence electrons. The number of halogens is 1. The summed E-state index contributed by atoms with van der Waals surface area (Å²) in [6.07, 6.45) is 6.06. The molecule has 1 aliphatic rings. The van der Waals surface area contributed by atoms with Gasteiger partial charge in [0.1, 0.15) is 5.82 Å². The highest BCUT2D eigenvalue weighted by molar-refractivity contribution is 5.95. The van der Waals surface area contributed by atoms with Crippen molar-refractivity contribution in [3.05, 3.63) is 42.0 Å². The fourth-order valence-corrected chi connectivity index (χ4v) is 2.69. The summed E-state index contributed by atoms with van der Waals surface area (Å²) in [6, 6.07) is 4.21. The van der Waals surface area contributed by atoms with Gasteiger partial charge in [-0.1, -0.05) is 0 Å². The van der Waals surface area contributed by atoms with Crippen LogP contribution in [0.15, 0.2) is 30.6 Å². The van der Waals surface area contributed by atoms with Crippen molar-refractivity contribution in [2.75, 3.05) is 13.1 Å². The molecule has 1 unspecified atom stereocenters. The van der Waals surface area contributed by atoms with E-state index in [9.17, 15) is 9.18 Å². The summed E-state index contributed by atoms with van der Waals surface area (Å²) in [5.74, 6) is -0.661. The van der Waals surface area contributed by atoms with Crippen LogP contribution in [-0.2, 0) is 7.05 Å². The Labute approximate surface area is 133 Å². The summed E-state index contributed by atoms with van der Waals surface area (Å²) in [4.78, 5) is 13.9. The van der Waals surface area contributed by atoms with Crippen LogP contribution in [0.2, 0.25) is 0 Å². The Hall–Kier alpha value is -2.88. The lowest BCUT2D eigenvalue weighted by Crippen LogP contribution is -2.36. The van der Waals surface area contributed by atoms with Gasteiger partial charge in [0.15, 0.2) is 6.19 Å². The lowest BCUT2D eigenvalue weighted by atomic mass is 10.0. The van der Waals surface area contributed by atoms with E-state index in [0.717, 1.165) is 6.42 Å². The number of rotatable bonds is 3. The van der Waals surface area contributed by atoms with Crippen LogP contribution in [0, 0.1) is 17.3 Å². The lowest BCUT2D eigenvalue weighted by Gasteiger charge is -2.13. The van der Waals surface area contributed by atoms with E-state index >= 15 is 0 Å².